The largest absolute Gasteiger partial charge is 0.442 e. The van der Waals surface area contributed by atoms with Gasteiger partial charge in [-0.25, -0.2) is 9.37 Å². The SMILES string of the molecule is Cn1nc(-c2c(F)cc(Cl)c3ocnc23)cc1C(F)(F)F. The molecule has 0 aliphatic rings. The highest BCUT2D eigenvalue weighted by Crippen LogP contribution is 2.37. The molecule has 0 atom stereocenters. The monoisotopic (exact) mass is 319 g/mol. The maximum Gasteiger partial charge on any atom is 0.433 e. The maximum atomic E-state index is 14.1. The van der Waals surface area contributed by atoms with E-state index in [1.54, 1.807) is 0 Å². The third-order valence-electron chi connectivity index (χ3n) is 2.94. The van der Waals surface area contributed by atoms with Crippen molar-refractivity contribution < 1.29 is 22.0 Å². The van der Waals surface area contributed by atoms with Crippen molar-refractivity contribution >= 4 is 22.7 Å². The molecule has 4 nitrogen and oxygen atoms in total. The van der Waals surface area contributed by atoms with E-state index >= 15 is 0 Å². The minimum Gasteiger partial charge on any atom is -0.442 e. The van der Waals surface area contributed by atoms with Gasteiger partial charge in [0.1, 0.15) is 17.0 Å². The predicted octanol–water partition coefficient (Wildman–Crippen LogP) is 4.04. The van der Waals surface area contributed by atoms with Gasteiger partial charge in [0, 0.05) is 7.05 Å². The first-order chi connectivity index (χ1) is 9.79. The van der Waals surface area contributed by atoms with Crippen molar-refractivity contribution in [3.8, 4) is 11.3 Å². The highest BCUT2D eigenvalue weighted by Gasteiger charge is 2.35. The van der Waals surface area contributed by atoms with Crippen LogP contribution in [-0.2, 0) is 13.2 Å². The molecule has 0 aliphatic heterocycles. The van der Waals surface area contributed by atoms with E-state index in [-0.39, 0.29) is 27.4 Å². The molecule has 0 N–H and O–H groups in total. The number of fused-ring (bicyclic) bond motifs is 1. The minimum atomic E-state index is -4.59. The summed E-state index contributed by atoms with van der Waals surface area (Å²) in [5.74, 6) is -0.826. The second-order valence-corrected chi connectivity index (χ2v) is 4.69. The Balaban J connectivity index is 2.29. The fourth-order valence-electron chi connectivity index (χ4n) is 2.05. The van der Waals surface area contributed by atoms with Crippen molar-refractivity contribution in [2.24, 2.45) is 7.05 Å². The zero-order valence-corrected chi connectivity index (χ0v) is 11.1. The lowest BCUT2D eigenvalue weighted by molar-refractivity contribution is -0.143. The zero-order valence-electron chi connectivity index (χ0n) is 10.4. The van der Waals surface area contributed by atoms with Crippen LogP contribution in [0.5, 0.6) is 0 Å². The van der Waals surface area contributed by atoms with E-state index in [2.05, 4.69) is 10.1 Å². The third-order valence-corrected chi connectivity index (χ3v) is 3.22. The lowest BCUT2D eigenvalue weighted by Crippen LogP contribution is -2.11. The van der Waals surface area contributed by atoms with Gasteiger partial charge in [0.15, 0.2) is 12.0 Å². The molecule has 0 unspecified atom stereocenters. The molecule has 3 aromatic rings. The summed E-state index contributed by atoms with van der Waals surface area (Å²) in [4.78, 5) is 3.80. The van der Waals surface area contributed by atoms with Gasteiger partial charge in [0.25, 0.3) is 0 Å². The van der Waals surface area contributed by atoms with Crippen LogP contribution in [0.2, 0.25) is 5.02 Å². The van der Waals surface area contributed by atoms with Crippen LogP contribution >= 0.6 is 11.6 Å². The minimum absolute atomic E-state index is 0.0178. The van der Waals surface area contributed by atoms with Crippen LogP contribution in [0, 0.1) is 5.82 Å². The summed E-state index contributed by atoms with van der Waals surface area (Å²) in [7, 11) is 1.13. The second kappa shape index (κ2) is 4.45. The lowest BCUT2D eigenvalue weighted by Gasteiger charge is -2.04. The zero-order chi connectivity index (χ0) is 15.4. The van der Waals surface area contributed by atoms with Crippen molar-refractivity contribution in [1.29, 1.82) is 0 Å². The van der Waals surface area contributed by atoms with Crippen LogP contribution < -0.4 is 0 Å². The average molecular weight is 320 g/mol. The van der Waals surface area contributed by atoms with Gasteiger partial charge in [-0.2, -0.15) is 18.3 Å². The molecule has 9 heteroatoms. The van der Waals surface area contributed by atoms with E-state index in [0.717, 1.165) is 25.6 Å². The van der Waals surface area contributed by atoms with Crippen LogP contribution in [0.3, 0.4) is 0 Å². The standard InChI is InChI=1S/C12H6ClF4N3O/c1-20-8(12(15,16)17)3-7(19-20)9-6(14)2-5(13)11-10(9)18-4-21-11/h2-4H,1H3. The molecule has 0 fully saturated rings. The Kier molecular flexibility index (Phi) is 2.94. The molecule has 0 saturated heterocycles. The Labute approximate surface area is 119 Å². The van der Waals surface area contributed by atoms with Crippen molar-refractivity contribution in [3.05, 3.63) is 35.1 Å². The van der Waals surface area contributed by atoms with Crippen LogP contribution in [0.25, 0.3) is 22.4 Å². The van der Waals surface area contributed by atoms with Gasteiger partial charge in [-0.15, -0.1) is 0 Å². The Morgan fingerprint density at radius 3 is 2.62 bits per heavy atom. The number of benzene rings is 1. The van der Waals surface area contributed by atoms with Crippen molar-refractivity contribution in [2.75, 3.05) is 0 Å². The molecule has 21 heavy (non-hydrogen) atoms. The smallest absolute Gasteiger partial charge is 0.433 e. The molecule has 0 amide bonds. The number of aryl methyl sites for hydroxylation is 1. The van der Waals surface area contributed by atoms with Crippen molar-refractivity contribution in [3.63, 3.8) is 0 Å². The Morgan fingerprint density at radius 1 is 1.29 bits per heavy atom. The summed E-state index contributed by atoms with van der Waals surface area (Å²) in [5, 5.41) is 3.68. The van der Waals surface area contributed by atoms with Crippen LogP contribution in [0.1, 0.15) is 5.69 Å². The maximum absolute atomic E-state index is 14.1. The molecular formula is C12H6ClF4N3O. The molecule has 0 radical (unpaired) electrons. The highest BCUT2D eigenvalue weighted by molar-refractivity contribution is 6.35. The summed E-state index contributed by atoms with van der Waals surface area (Å²) < 4.78 is 58.1. The number of hydrogen-bond donors (Lipinski definition) is 0. The lowest BCUT2D eigenvalue weighted by atomic mass is 10.1. The number of hydrogen-bond acceptors (Lipinski definition) is 3. The van der Waals surface area contributed by atoms with Gasteiger partial charge >= 0.3 is 6.18 Å². The molecule has 0 saturated carbocycles. The fraction of sp³-hybridized carbons (Fsp3) is 0.167. The van der Waals surface area contributed by atoms with E-state index in [1.165, 1.54) is 0 Å². The van der Waals surface area contributed by atoms with Gasteiger partial charge in [-0.1, -0.05) is 11.6 Å². The number of aromatic nitrogens is 3. The molecule has 0 aliphatic carbocycles. The first kappa shape index (κ1) is 13.9. The van der Waals surface area contributed by atoms with Gasteiger partial charge in [0.05, 0.1) is 16.3 Å². The van der Waals surface area contributed by atoms with Gasteiger partial charge in [-0.05, 0) is 12.1 Å². The fourth-order valence-corrected chi connectivity index (χ4v) is 2.28. The first-order valence-electron chi connectivity index (χ1n) is 5.62. The van der Waals surface area contributed by atoms with Crippen LogP contribution in [0.4, 0.5) is 17.6 Å². The van der Waals surface area contributed by atoms with Gasteiger partial charge in [-0.3, -0.25) is 4.68 Å². The van der Waals surface area contributed by atoms with E-state index < -0.39 is 17.7 Å². The molecule has 3 rings (SSSR count). The topological polar surface area (TPSA) is 43.9 Å². The van der Waals surface area contributed by atoms with Gasteiger partial charge < -0.3 is 4.42 Å². The summed E-state index contributed by atoms with van der Waals surface area (Å²) in [6, 6.07) is 1.70. The number of oxazole rings is 1. The molecule has 0 bridgehead atoms. The molecule has 1 aromatic carbocycles. The molecule has 2 aromatic heterocycles. The summed E-state index contributed by atoms with van der Waals surface area (Å²) in [5.41, 5.74) is -1.27. The number of halogens is 5. The average Bonchev–Trinajstić information content (AvgIpc) is 2.95. The first-order valence-corrected chi connectivity index (χ1v) is 5.99. The molecular weight excluding hydrogens is 314 g/mol. The Bertz CT molecular complexity index is 837. The van der Waals surface area contributed by atoms with E-state index in [0.29, 0.717) is 4.68 Å². The predicted molar refractivity (Wildman–Crippen MR) is 66.2 cm³/mol. The van der Waals surface area contributed by atoms with E-state index in [4.69, 9.17) is 16.0 Å². The van der Waals surface area contributed by atoms with Crippen LogP contribution in [-0.4, -0.2) is 14.8 Å². The summed E-state index contributed by atoms with van der Waals surface area (Å²) in [6.07, 6.45) is -3.56. The van der Waals surface area contributed by atoms with E-state index in [1.807, 2.05) is 0 Å². The molecule has 2 heterocycles. The number of alkyl halides is 3. The summed E-state index contributed by atoms with van der Waals surface area (Å²) >= 11 is 5.79. The normalized spacial score (nSPS) is 12.3. The van der Waals surface area contributed by atoms with Crippen molar-refractivity contribution in [1.82, 2.24) is 14.8 Å². The highest BCUT2D eigenvalue weighted by atomic mass is 35.5. The van der Waals surface area contributed by atoms with E-state index in [9.17, 15) is 17.6 Å². The number of rotatable bonds is 1. The van der Waals surface area contributed by atoms with Crippen molar-refractivity contribution in [2.45, 2.75) is 6.18 Å². The van der Waals surface area contributed by atoms with Crippen LogP contribution in [0.15, 0.2) is 22.9 Å². The Hall–Kier alpha value is -2.09. The number of nitrogens with zero attached hydrogens (tertiary/aromatic N) is 3. The van der Waals surface area contributed by atoms with Gasteiger partial charge in [0.2, 0.25) is 0 Å². The molecule has 0 spiro atoms. The molecule has 110 valence electrons. The second-order valence-electron chi connectivity index (χ2n) is 4.28. The Morgan fingerprint density at radius 2 is 2.00 bits per heavy atom. The summed E-state index contributed by atoms with van der Waals surface area (Å²) in [6.45, 7) is 0. The third kappa shape index (κ3) is 2.15. The quantitative estimate of drug-likeness (QED) is 0.636.